The van der Waals surface area contributed by atoms with Gasteiger partial charge in [-0.3, -0.25) is 4.79 Å². The first kappa shape index (κ1) is 16.3. The summed E-state index contributed by atoms with van der Waals surface area (Å²) in [6.07, 6.45) is 0.722. The number of methoxy groups -OCH3 is 1. The molecule has 0 spiro atoms. The van der Waals surface area contributed by atoms with Crippen LogP contribution < -0.4 is 10.1 Å². The Balaban J connectivity index is 1.82. The first-order chi connectivity index (χ1) is 11.7. The van der Waals surface area contributed by atoms with E-state index in [0.29, 0.717) is 10.4 Å². The SMILES string of the molecule is COc1ccc(NC(=O)c2ccc(Br)o2)cc1Cc1ccccc1. The van der Waals surface area contributed by atoms with Crippen molar-refractivity contribution in [3.8, 4) is 5.75 Å². The standard InChI is InChI=1S/C19H16BrNO3/c1-23-16-8-7-15(21-19(22)17-9-10-18(20)24-17)12-14(16)11-13-5-3-2-4-6-13/h2-10,12H,11H2,1H3,(H,21,22). The van der Waals surface area contributed by atoms with Gasteiger partial charge in [0.15, 0.2) is 10.4 Å². The summed E-state index contributed by atoms with van der Waals surface area (Å²) in [5.41, 5.74) is 2.87. The minimum Gasteiger partial charge on any atom is -0.496 e. The number of hydrogen-bond acceptors (Lipinski definition) is 3. The van der Waals surface area contributed by atoms with Crippen molar-refractivity contribution in [2.45, 2.75) is 6.42 Å². The molecular formula is C19H16BrNO3. The lowest BCUT2D eigenvalue weighted by atomic mass is 10.0. The molecular weight excluding hydrogens is 370 g/mol. The van der Waals surface area contributed by atoms with Gasteiger partial charge in [-0.15, -0.1) is 0 Å². The summed E-state index contributed by atoms with van der Waals surface area (Å²) in [4.78, 5) is 12.2. The van der Waals surface area contributed by atoms with Crippen LogP contribution >= 0.6 is 15.9 Å². The topological polar surface area (TPSA) is 51.5 Å². The molecule has 3 rings (SSSR count). The second kappa shape index (κ2) is 7.36. The number of amides is 1. The molecule has 5 heteroatoms. The summed E-state index contributed by atoms with van der Waals surface area (Å²) in [6, 6.07) is 19.0. The normalized spacial score (nSPS) is 10.4. The summed E-state index contributed by atoms with van der Waals surface area (Å²) < 4.78 is 11.2. The van der Waals surface area contributed by atoms with Gasteiger partial charge in [-0.05, 0) is 51.8 Å². The summed E-state index contributed by atoms with van der Waals surface area (Å²) in [6.45, 7) is 0. The van der Waals surface area contributed by atoms with Crippen LogP contribution in [0, 0.1) is 0 Å². The van der Waals surface area contributed by atoms with E-state index < -0.39 is 0 Å². The van der Waals surface area contributed by atoms with E-state index in [0.717, 1.165) is 17.7 Å². The number of anilines is 1. The van der Waals surface area contributed by atoms with E-state index in [1.165, 1.54) is 5.56 Å². The Labute approximate surface area is 148 Å². The number of hydrogen-bond donors (Lipinski definition) is 1. The number of ether oxygens (including phenoxy) is 1. The third-order valence-electron chi connectivity index (χ3n) is 3.57. The Bertz CT molecular complexity index is 843. The highest BCUT2D eigenvalue weighted by Gasteiger charge is 2.12. The molecule has 0 atom stereocenters. The maximum atomic E-state index is 12.2. The highest BCUT2D eigenvalue weighted by molar-refractivity contribution is 9.10. The second-order valence-corrected chi connectivity index (χ2v) is 6.03. The highest BCUT2D eigenvalue weighted by atomic mass is 79.9. The van der Waals surface area contributed by atoms with Crippen LogP contribution in [0.3, 0.4) is 0 Å². The van der Waals surface area contributed by atoms with Crippen molar-refractivity contribution in [1.82, 2.24) is 0 Å². The quantitative estimate of drug-likeness (QED) is 0.679. The van der Waals surface area contributed by atoms with Crippen molar-refractivity contribution in [1.29, 1.82) is 0 Å². The average Bonchev–Trinajstić information content (AvgIpc) is 3.03. The minimum absolute atomic E-state index is 0.252. The molecule has 24 heavy (non-hydrogen) atoms. The van der Waals surface area contributed by atoms with Crippen molar-refractivity contribution in [2.24, 2.45) is 0 Å². The van der Waals surface area contributed by atoms with Crippen LogP contribution in [0.5, 0.6) is 5.75 Å². The third kappa shape index (κ3) is 3.86. The zero-order valence-electron chi connectivity index (χ0n) is 13.1. The molecule has 1 amide bonds. The molecule has 0 fully saturated rings. The molecule has 1 aromatic heterocycles. The predicted octanol–water partition coefficient (Wildman–Crippen LogP) is 4.89. The number of carbonyl (C=O) groups excluding carboxylic acids is 1. The van der Waals surface area contributed by atoms with Gasteiger partial charge in [0.25, 0.3) is 5.91 Å². The lowest BCUT2D eigenvalue weighted by Crippen LogP contribution is -2.11. The van der Waals surface area contributed by atoms with Crippen LogP contribution in [-0.2, 0) is 6.42 Å². The van der Waals surface area contributed by atoms with E-state index in [4.69, 9.17) is 9.15 Å². The van der Waals surface area contributed by atoms with E-state index in [9.17, 15) is 4.79 Å². The van der Waals surface area contributed by atoms with Gasteiger partial charge in [0.2, 0.25) is 0 Å². The smallest absolute Gasteiger partial charge is 0.291 e. The second-order valence-electron chi connectivity index (χ2n) is 5.25. The van der Waals surface area contributed by atoms with Crippen LogP contribution in [-0.4, -0.2) is 13.0 Å². The number of furan rings is 1. The number of nitrogens with one attached hydrogen (secondary N) is 1. The summed E-state index contributed by atoms with van der Waals surface area (Å²) in [5, 5.41) is 2.84. The molecule has 0 bridgehead atoms. The molecule has 0 aliphatic rings. The summed E-state index contributed by atoms with van der Waals surface area (Å²) >= 11 is 3.19. The van der Waals surface area contributed by atoms with Crippen molar-refractivity contribution >= 4 is 27.5 Å². The van der Waals surface area contributed by atoms with Crippen LogP contribution in [0.2, 0.25) is 0 Å². The van der Waals surface area contributed by atoms with Crippen molar-refractivity contribution in [2.75, 3.05) is 12.4 Å². The van der Waals surface area contributed by atoms with Gasteiger partial charge in [-0.2, -0.15) is 0 Å². The molecule has 2 aromatic carbocycles. The summed E-state index contributed by atoms with van der Waals surface area (Å²) in [5.74, 6) is 0.747. The lowest BCUT2D eigenvalue weighted by Gasteiger charge is -2.11. The van der Waals surface area contributed by atoms with E-state index in [1.807, 2.05) is 36.4 Å². The van der Waals surface area contributed by atoms with Gasteiger partial charge in [0.1, 0.15) is 5.75 Å². The molecule has 1 N–H and O–H groups in total. The van der Waals surface area contributed by atoms with Crippen molar-refractivity contribution < 1.29 is 13.9 Å². The van der Waals surface area contributed by atoms with E-state index in [2.05, 4.69) is 33.4 Å². The number of benzene rings is 2. The Hall–Kier alpha value is -2.53. The Morgan fingerprint density at radius 2 is 1.92 bits per heavy atom. The molecule has 0 saturated heterocycles. The number of rotatable bonds is 5. The van der Waals surface area contributed by atoms with E-state index in [-0.39, 0.29) is 11.7 Å². The third-order valence-corrected chi connectivity index (χ3v) is 4.00. The molecule has 0 unspecified atom stereocenters. The van der Waals surface area contributed by atoms with Gasteiger partial charge in [-0.25, -0.2) is 0 Å². The monoisotopic (exact) mass is 385 g/mol. The maximum Gasteiger partial charge on any atom is 0.291 e. The zero-order chi connectivity index (χ0) is 16.9. The van der Waals surface area contributed by atoms with Gasteiger partial charge in [0.05, 0.1) is 7.11 Å². The largest absolute Gasteiger partial charge is 0.496 e. The fraction of sp³-hybridized carbons (Fsp3) is 0.105. The first-order valence-electron chi connectivity index (χ1n) is 7.43. The van der Waals surface area contributed by atoms with Gasteiger partial charge >= 0.3 is 0 Å². The van der Waals surface area contributed by atoms with Crippen molar-refractivity contribution in [3.63, 3.8) is 0 Å². The van der Waals surface area contributed by atoms with Gasteiger partial charge in [-0.1, -0.05) is 30.3 Å². The van der Waals surface area contributed by atoms with Gasteiger partial charge in [0, 0.05) is 17.7 Å². The average molecular weight is 386 g/mol. The highest BCUT2D eigenvalue weighted by Crippen LogP contribution is 2.26. The molecule has 1 heterocycles. The number of carbonyl (C=O) groups is 1. The van der Waals surface area contributed by atoms with Crippen LogP contribution in [0.1, 0.15) is 21.7 Å². The van der Waals surface area contributed by atoms with Crippen LogP contribution in [0.25, 0.3) is 0 Å². The Morgan fingerprint density at radius 1 is 1.12 bits per heavy atom. The molecule has 4 nitrogen and oxygen atoms in total. The molecule has 0 radical (unpaired) electrons. The molecule has 0 saturated carbocycles. The van der Waals surface area contributed by atoms with E-state index in [1.54, 1.807) is 19.2 Å². The molecule has 3 aromatic rings. The fourth-order valence-corrected chi connectivity index (χ4v) is 2.75. The minimum atomic E-state index is -0.295. The predicted molar refractivity (Wildman–Crippen MR) is 96.6 cm³/mol. The van der Waals surface area contributed by atoms with Gasteiger partial charge < -0.3 is 14.5 Å². The maximum absolute atomic E-state index is 12.2. The molecule has 122 valence electrons. The van der Waals surface area contributed by atoms with E-state index >= 15 is 0 Å². The molecule has 0 aliphatic heterocycles. The van der Waals surface area contributed by atoms with Crippen LogP contribution in [0.4, 0.5) is 5.69 Å². The Morgan fingerprint density at radius 3 is 2.58 bits per heavy atom. The van der Waals surface area contributed by atoms with Crippen LogP contribution in [0.15, 0.2) is 69.8 Å². The first-order valence-corrected chi connectivity index (χ1v) is 8.22. The summed E-state index contributed by atoms with van der Waals surface area (Å²) in [7, 11) is 1.64. The number of halogens is 1. The van der Waals surface area contributed by atoms with Crippen molar-refractivity contribution in [3.05, 3.63) is 82.2 Å². The molecule has 0 aliphatic carbocycles. The Kier molecular flexibility index (Phi) is 5.01. The zero-order valence-corrected chi connectivity index (χ0v) is 14.7. The lowest BCUT2D eigenvalue weighted by molar-refractivity contribution is 0.0995. The fourth-order valence-electron chi connectivity index (χ4n) is 2.44.